The second-order valence-electron chi connectivity index (χ2n) is 4.61. The Morgan fingerprint density at radius 1 is 1.47 bits per heavy atom. The van der Waals surface area contributed by atoms with Crippen LogP contribution in [0, 0.1) is 0 Å². The van der Waals surface area contributed by atoms with Crippen LogP contribution in [-0.4, -0.2) is 34.5 Å². The summed E-state index contributed by atoms with van der Waals surface area (Å²) in [6.07, 6.45) is 2.83. The maximum atomic E-state index is 12.1. The Morgan fingerprint density at radius 2 is 2.21 bits per heavy atom. The lowest BCUT2D eigenvalue weighted by Gasteiger charge is -2.27. The van der Waals surface area contributed by atoms with Gasteiger partial charge in [-0.25, -0.2) is 0 Å². The molecule has 1 heterocycles. The molecule has 0 bridgehead atoms. The number of rotatable bonds is 8. The van der Waals surface area contributed by atoms with E-state index in [1.807, 2.05) is 25.3 Å². The molecule has 5 heteroatoms. The third kappa shape index (κ3) is 5.42. The first-order valence-corrected chi connectivity index (χ1v) is 7.46. The molecule has 1 aromatic heterocycles. The van der Waals surface area contributed by atoms with E-state index < -0.39 is 5.97 Å². The second kappa shape index (κ2) is 7.94. The fraction of sp³-hybridized carbons (Fsp3) is 0.571. The number of thiophene rings is 1. The number of hydrogen-bond donors (Lipinski definition) is 1. The smallest absolute Gasteiger partial charge is 0.323 e. The van der Waals surface area contributed by atoms with E-state index in [2.05, 4.69) is 6.07 Å². The fourth-order valence-electron chi connectivity index (χ4n) is 1.87. The van der Waals surface area contributed by atoms with Gasteiger partial charge in [0.2, 0.25) is 5.91 Å². The highest BCUT2D eigenvalue weighted by Crippen LogP contribution is 2.13. The highest BCUT2D eigenvalue weighted by molar-refractivity contribution is 7.09. The summed E-state index contributed by atoms with van der Waals surface area (Å²) in [5.41, 5.74) is 0. The molecule has 0 aliphatic rings. The number of aliphatic carboxylic acids is 1. The zero-order valence-electron chi connectivity index (χ0n) is 11.5. The summed E-state index contributed by atoms with van der Waals surface area (Å²) < 4.78 is 0. The van der Waals surface area contributed by atoms with Crippen molar-refractivity contribution in [2.75, 3.05) is 6.54 Å². The van der Waals surface area contributed by atoms with Gasteiger partial charge < -0.3 is 10.0 Å². The largest absolute Gasteiger partial charge is 0.480 e. The van der Waals surface area contributed by atoms with Crippen LogP contribution in [0.25, 0.3) is 0 Å². The van der Waals surface area contributed by atoms with Gasteiger partial charge in [-0.05, 0) is 37.6 Å². The van der Waals surface area contributed by atoms with Crippen molar-refractivity contribution in [3.8, 4) is 0 Å². The lowest BCUT2D eigenvalue weighted by atomic mass is 10.1. The van der Waals surface area contributed by atoms with Crippen LogP contribution in [0.15, 0.2) is 17.5 Å². The summed E-state index contributed by atoms with van der Waals surface area (Å²) in [5.74, 6) is -1.01. The number of nitrogens with zero attached hydrogens (tertiary/aromatic N) is 1. The molecule has 1 aromatic rings. The van der Waals surface area contributed by atoms with Gasteiger partial charge in [-0.3, -0.25) is 9.59 Å². The average molecular weight is 283 g/mol. The van der Waals surface area contributed by atoms with E-state index in [0.717, 1.165) is 19.3 Å². The Kier molecular flexibility index (Phi) is 6.56. The fourth-order valence-corrected chi connectivity index (χ4v) is 2.62. The number of carboxylic acid groups (broad SMARTS) is 1. The van der Waals surface area contributed by atoms with Crippen molar-refractivity contribution >= 4 is 23.2 Å². The van der Waals surface area contributed by atoms with Gasteiger partial charge in [0.05, 0.1) is 0 Å². The summed E-state index contributed by atoms with van der Waals surface area (Å²) in [6.45, 7) is 3.64. The lowest BCUT2D eigenvalue weighted by Crippen LogP contribution is -2.41. The highest BCUT2D eigenvalue weighted by Gasteiger charge is 2.20. The van der Waals surface area contributed by atoms with E-state index in [0.29, 0.717) is 6.42 Å². The Labute approximate surface area is 118 Å². The number of carbonyl (C=O) groups excluding carboxylic acids is 1. The van der Waals surface area contributed by atoms with Crippen molar-refractivity contribution in [3.05, 3.63) is 22.4 Å². The first-order chi connectivity index (χ1) is 9.04. The molecular formula is C14H21NO3S. The normalized spacial score (nSPS) is 12.1. The topological polar surface area (TPSA) is 57.6 Å². The summed E-state index contributed by atoms with van der Waals surface area (Å²) in [7, 11) is 0. The third-order valence-electron chi connectivity index (χ3n) is 3.14. The van der Waals surface area contributed by atoms with Crippen LogP contribution in [0.5, 0.6) is 0 Å². The maximum absolute atomic E-state index is 12.1. The molecule has 0 aliphatic carbocycles. The SMILES string of the molecule is CCC(C)N(CC(=O)O)C(=O)CCCc1cccs1. The van der Waals surface area contributed by atoms with E-state index >= 15 is 0 Å². The number of aryl methyl sites for hydroxylation is 1. The molecule has 1 N–H and O–H groups in total. The predicted octanol–water partition coefficient (Wildman–Crippen LogP) is 2.78. The number of amides is 1. The van der Waals surface area contributed by atoms with Crippen LogP contribution in [0.3, 0.4) is 0 Å². The molecule has 0 saturated carbocycles. The zero-order chi connectivity index (χ0) is 14.3. The number of carboxylic acids is 1. The summed E-state index contributed by atoms with van der Waals surface area (Å²) in [4.78, 5) is 25.6. The van der Waals surface area contributed by atoms with Gasteiger partial charge in [0.25, 0.3) is 0 Å². The molecule has 1 unspecified atom stereocenters. The monoisotopic (exact) mass is 283 g/mol. The van der Waals surface area contributed by atoms with Crippen LogP contribution >= 0.6 is 11.3 Å². The van der Waals surface area contributed by atoms with Crippen molar-refractivity contribution in [1.82, 2.24) is 4.90 Å². The first kappa shape index (κ1) is 15.7. The lowest BCUT2D eigenvalue weighted by molar-refractivity contribution is -0.146. The minimum atomic E-state index is -0.952. The van der Waals surface area contributed by atoms with Crippen LogP contribution in [-0.2, 0) is 16.0 Å². The number of hydrogen-bond acceptors (Lipinski definition) is 3. The standard InChI is InChI=1S/C14H21NO3S/c1-3-11(2)15(10-14(17)18)13(16)8-4-6-12-7-5-9-19-12/h5,7,9,11H,3-4,6,8,10H2,1-2H3,(H,17,18). The van der Waals surface area contributed by atoms with Crippen LogP contribution < -0.4 is 0 Å². The molecule has 1 rings (SSSR count). The molecule has 19 heavy (non-hydrogen) atoms. The molecule has 106 valence electrons. The first-order valence-electron chi connectivity index (χ1n) is 6.58. The van der Waals surface area contributed by atoms with Gasteiger partial charge in [0, 0.05) is 17.3 Å². The average Bonchev–Trinajstić information content (AvgIpc) is 2.87. The Balaban J connectivity index is 2.44. The number of carbonyl (C=O) groups is 2. The Hall–Kier alpha value is -1.36. The molecule has 0 spiro atoms. The van der Waals surface area contributed by atoms with Crippen molar-refractivity contribution in [2.45, 2.75) is 45.6 Å². The van der Waals surface area contributed by atoms with Crippen molar-refractivity contribution < 1.29 is 14.7 Å². The zero-order valence-corrected chi connectivity index (χ0v) is 12.3. The van der Waals surface area contributed by atoms with Gasteiger partial charge in [-0.15, -0.1) is 11.3 Å². The van der Waals surface area contributed by atoms with E-state index in [1.165, 1.54) is 9.78 Å². The highest BCUT2D eigenvalue weighted by atomic mass is 32.1. The van der Waals surface area contributed by atoms with E-state index in [1.54, 1.807) is 11.3 Å². The summed E-state index contributed by atoms with van der Waals surface area (Å²) in [5, 5.41) is 10.9. The van der Waals surface area contributed by atoms with Gasteiger partial charge in [0.1, 0.15) is 6.54 Å². The Bertz CT molecular complexity index is 403. The predicted molar refractivity (Wildman–Crippen MR) is 76.4 cm³/mol. The van der Waals surface area contributed by atoms with Crippen LogP contribution in [0.1, 0.15) is 38.0 Å². The van der Waals surface area contributed by atoms with Gasteiger partial charge in [0.15, 0.2) is 0 Å². The van der Waals surface area contributed by atoms with Crippen LogP contribution in [0.4, 0.5) is 0 Å². The summed E-state index contributed by atoms with van der Waals surface area (Å²) in [6, 6.07) is 4.03. The molecule has 0 saturated heterocycles. The summed E-state index contributed by atoms with van der Waals surface area (Å²) >= 11 is 1.69. The quantitative estimate of drug-likeness (QED) is 0.798. The molecule has 4 nitrogen and oxygen atoms in total. The van der Waals surface area contributed by atoms with Crippen molar-refractivity contribution in [1.29, 1.82) is 0 Å². The van der Waals surface area contributed by atoms with E-state index in [4.69, 9.17) is 5.11 Å². The van der Waals surface area contributed by atoms with Gasteiger partial charge in [-0.2, -0.15) is 0 Å². The molecule has 0 aliphatic heterocycles. The van der Waals surface area contributed by atoms with Crippen LogP contribution in [0.2, 0.25) is 0 Å². The molecule has 0 fully saturated rings. The molecule has 0 radical (unpaired) electrons. The third-order valence-corrected chi connectivity index (χ3v) is 4.08. The minimum absolute atomic E-state index is 0.0228. The second-order valence-corrected chi connectivity index (χ2v) is 5.64. The molecule has 1 amide bonds. The van der Waals surface area contributed by atoms with E-state index in [9.17, 15) is 9.59 Å². The van der Waals surface area contributed by atoms with Gasteiger partial charge in [-0.1, -0.05) is 13.0 Å². The maximum Gasteiger partial charge on any atom is 0.323 e. The minimum Gasteiger partial charge on any atom is -0.480 e. The van der Waals surface area contributed by atoms with Crippen molar-refractivity contribution in [3.63, 3.8) is 0 Å². The molecule has 0 aromatic carbocycles. The van der Waals surface area contributed by atoms with Crippen molar-refractivity contribution in [2.24, 2.45) is 0 Å². The Morgan fingerprint density at radius 3 is 2.74 bits per heavy atom. The van der Waals surface area contributed by atoms with Gasteiger partial charge >= 0.3 is 5.97 Å². The molecular weight excluding hydrogens is 262 g/mol. The van der Waals surface area contributed by atoms with E-state index in [-0.39, 0.29) is 18.5 Å². The molecule has 1 atom stereocenters.